The van der Waals surface area contributed by atoms with Crippen molar-refractivity contribution in [1.82, 2.24) is 20.2 Å². The van der Waals surface area contributed by atoms with Crippen molar-refractivity contribution in [2.24, 2.45) is 0 Å². The average Bonchev–Trinajstić information content (AvgIpc) is 2.67. The fraction of sp³-hybridized carbons (Fsp3) is 0.500. The molecule has 5 heteroatoms. The summed E-state index contributed by atoms with van der Waals surface area (Å²) in [4.78, 5) is 8.19. The molecule has 0 aromatic carbocycles. The Kier molecular flexibility index (Phi) is 7.78. The van der Waals surface area contributed by atoms with Crippen LogP contribution in [0.2, 0.25) is 0 Å². The second kappa shape index (κ2) is 7.60. The molecule has 0 aliphatic heterocycles. The van der Waals surface area contributed by atoms with Crippen LogP contribution in [-0.4, -0.2) is 15.1 Å². The summed E-state index contributed by atoms with van der Waals surface area (Å²) in [5, 5.41) is 8.62. The maximum absolute atomic E-state index is 4.19. The number of fused-ring (bicyclic) bond motifs is 1. The van der Waals surface area contributed by atoms with Crippen LogP contribution in [0.15, 0.2) is 12.5 Å². The summed E-state index contributed by atoms with van der Waals surface area (Å²) < 4.78 is 0. The van der Waals surface area contributed by atoms with Crippen molar-refractivity contribution in [3.05, 3.63) is 18.2 Å². The summed E-state index contributed by atoms with van der Waals surface area (Å²) >= 11 is 0. The van der Waals surface area contributed by atoms with Gasteiger partial charge in [0.1, 0.15) is 0 Å². The molecule has 0 aliphatic carbocycles. The second-order valence-electron chi connectivity index (χ2n) is 3.00. The first-order chi connectivity index (χ1) is 6.79. The van der Waals surface area contributed by atoms with Gasteiger partial charge < -0.3 is 10.1 Å². The van der Waals surface area contributed by atoms with Gasteiger partial charge in [0.05, 0.1) is 5.69 Å². The Morgan fingerprint density at radius 1 is 1.20 bits per heavy atom. The number of rotatable bonds is 1. The molecule has 0 bridgehead atoms. The Hall–Kier alpha value is 0.355. The molecule has 0 amide bonds. The molecule has 0 spiro atoms. The van der Waals surface area contributed by atoms with E-state index in [0.29, 0.717) is 11.6 Å². The molecule has 2 heterocycles. The molecule has 0 radical (unpaired) electrons. The molecule has 0 unspecified atom stereocenters. The number of aromatic nitrogens is 4. The minimum absolute atomic E-state index is 0. The van der Waals surface area contributed by atoms with Gasteiger partial charge in [-0.2, -0.15) is 0 Å². The van der Waals surface area contributed by atoms with Gasteiger partial charge in [-0.3, -0.25) is 10.1 Å². The van der Waals surface area contributed by atoms with Gasteiger partial charge in [-0.05, 0) is 11.6 Å². The zero-order chi connectivity index (χ0) is 10.6. The van der Waals surface area contributed by atoms with Crippen molar-refractivity contribution in [1.29, 1.82) is 0 Å². The Bertz CT molecular complexity index is 397. The molecule has 15 heavy (non-hydrogen) atoms. The first kappa shape index (κ1) is 15.4. The van der Waals surface area contributed by atoms with Crippen LogP contribution < -0.4 is 63.3 Å². The molecule has 2 rings (SSSR count). The minimum Gasteiger partial charge on any atom is -0.425 e. The number of hydrogen-bond donors (Lipinski definition) is 0. The van der Waals surface area contributed by atoms with Crippen molar-refractivity contribution in [3.63, 3.8) is 0 Å². The first-order valence-electron chi connectivity index (χ1n) is 4.88. The van der Waals surface area contributed by atoms with E-state index < -0.39 is 0 Å². The maximum Gasteiger partial charge on any atom is 1.00 e. The summed E-state index contributed by atoms with van der Waals surface area (Å²) in [6.07, 6.45) is 3.25. The van der Waals surface area contributed by atoms with Crippen molar-refractivity contribution in [2.45, 2.75) is 33.6 Å². The van der Waals surface area contributed by atoms with Crippen LogP contribution in [0.4, 0.5) is 0 Å². The monoisotopic (exact) mass is 276 g/mol. The predicted octanol–water partition coefficient (Wildman–Crippen LogP) is -0.864. The fourth-order valence-corrected chi connectivity index (χ4v) is 1.20. The van der Waals surface area contributed by atoms with Crippen molar-refractivity contribution < 1.29 is 58.2 Å². The summed E-state index contributed by atoms with van der Waals surface area (Å²) in [6.45, 7) is 8.18. The molecular weight excluding hydrogens is 262 g/mol. The molecular formula is C10H15N4Rb. The Morgan fingerprint density at radius 2 is 1.87 bits per heavy atom. The molecule has 0 aliphatic rings. The predicted molar refractivity (Wildman–Crippen MR) is 56.1 cm³/mol. The topological polar surface area (TPSA) is 52.8 Å². The molecule has 76 valence electrons. The quantitative estimate of drug-likeness (QED) is 0.680. The SMILES string of the molecule is CC.CC(C)c1ncnc2[n-]ncc12.[Rb+]. The van der Waals surface area contributed by atoms with Crippen LogP contribution in [-0.2, 0) is 0 Å². The molecule has 0 saturated heterocycles. The van der Waals surface area contributed by atoms with Crippen LogP contribution in [0, 0.1) is 0 Å². The number of nitrogens with zero attached hydrogens (tertiary/aromatic N) is 4. The minimum atomic E-state index is 0. The van der Waals surface area contributed by atoms with E-state index in [1.165, 1.54) is 6.33 Å². The Labute approximate surface area is 139 Å². The van der Waals surface area contributed by atoms with Gasteiger partial charge in [-0.15, -0.1) is 0 Å². The standard InChI is InChI=1S/C8H9N4.C2H6.Rb/c1-5(2)7-6-3-11-12-8(6)10-4-9-7;1-2;/h3-5H,1-2H3;1-2H3;/q-1;;+1. The molecule has 0 N–H and O–H groups in total. The van der Waals surface area contributed by atoms with Crippen molar-refractivity contribution in [3.8, 4) is 0 Å². The van der Waals surface area contributed by atoms with E-state index in [1.807, 2.05) is 13.8 Å². The smallest absolute Gasteiger partial charge is 0.425 e. The van der Waals surface area contributed by atoms with E-state index in [-0.39, 0.29) is 58.2 Å². The average molecular weight is 277 g/mol. The van der Waals surface area contributed by atoms with E-state index in [2.05, 4.69) is 34.0 Å². The van der Waals surface area contributed by atoms with Crippen LogP contribution >= 0.6 is 0 Å². The van der Waals surface area contributed by atoms with E-state index >= 15 is 0 Å². The summed E-state index contributed by atoms with van der Waals surface area (Å²) in [6, 6.07) is 0. The summed E-state index contributed by atoms with van der Waals surface area (Å²) in [5.74, 6) is 0.390. The second-order valence-corrected chi connectivity index (χ2v) is 3.00. The van der Waals surface area contributed by atoms with Gasteiger partial charge in [0.25, 0.3) is 0 Å². The van der Waals surface area contributed by atoms with E-state index in [1.54, 1.807) is 6.20 Å². The summed E-state index contributed by atoms with van der Waals surface area (Å²) in [7, 11) is 0. The van der Waals surface area contributed by atoms with Crippen LogP contribution in [0.25, 0.3) is 11.0 Å². The largest absolute Gasteiger partial charge is 1.00 e. The van der Waals surface area contributed by atoms with Crippen LogP contribution in [0.1, 0.15) is 39.3 Å². The Balaban J connectivity index is 0.000000617. The molecule has 4 nitrogen and oxygen atoms in total. The molecule has 0 fully saturated rings. The van der Waals surface area contributed by atoms with Crippen LogP contribution in [0.5, 0.6) is 0 Å². The van der Waals surface area contributed by atoms with Gasteiger partial charge in [-0.25, -0.2) is 0 Å². The third kappa shape index (κ3) is 3.69. The normalized spacial score (nSPS) is 9.40. The van der Waals surface area contributed by atoms with Gasteiger partial charge >= 0.3 is 58.2 Å². The molecule has 2 aromatic heterocycles. The zero-order valence-electron chi connectivity index (χ0n) is 10.0. The zero-order valence-corrected chi connectivity index (χ0v) is 14.9. The van der Waals surface area contributed by atoms with Gasteiger partial charge in [0.2, 0.25) is 0 Å². The van der Waals surface area contributed by atoms with E-state index in [4.69, 9.17) is 0 Å². The molecule has 2 aromatic rings. The van der Waals surface area contributed by atoms with E-state index in [0.717, 1.165) is 11.1 Å². The van der Waals surface area contributed by atoms with Crippen molar-refractivity contribution >= 4 is 11.0 Å². The van der Waals surface area contributed by atoms with Gasteiger partial charge in [0, 0.05) is 17.9 Å². The fourth-order valence-electron chi connectivity index (χ4n) is 1.20. The molecule has 0 saturated carbocycles. The third-order valence-corrected chi connectivity index (χ3v) is 1.78. The third-order valence-electron chi connectivity index (χ3n) is 1.78. The first-order valence-corrected chi connectivity index (χ1v) is 4.88. The van der Waals surface area contributed by atoms with Crippen LogP contribution in [0.3, 0.4) is 0 Å². The number of hydrogen-bond acceptors (Lipinski definition) is 3. The summed E-state index contributed by atoms with van der Waals surface area (Å²) in [5.41, 5.74) is 1.71. The molecule has 0 atom stereocenters. The van der Waals surface area contributed by atoms with Crippen molar-refractivity contribution in [2.75, 3.05) is 0 Å². The van der Waals surface area contributed by atoms with Gasteiger partial charge in [0.15, 0.2) is 0 Å². The van der Waals surface area contributed by atoms with E-state index in [9.17, 15) is 0 Å². The van der Waals surface area contributed by atoms with Gasteiger partial charge in [-0.1, -0.05) is 27.7 Å². The Morgan fingerprint density at radius 3 is 2.47 bits per heavy atom. The maximum atomic E-state index is 4.19.